The summed E-state index contributed by atoms with van der Waals surface area (Å²) in [5.74, 6) is -12.9. The van der Waals surface area contributed by atoms with Crippen LogP contribution in [0.25, 0.3) is 0 Å². The second-order valence-corrected chi connectivity index (χ2v) is 12.0. The molecule has 0 aliphatic heterocycles. The Labute approximate surface area is 245 Å². The van der Waals surface area contributed by atoms with Gasteiger partial charge in [0.05, 0.1) is 36.9 Å². The molecule has 11 nitrogen and oxygen atoms in total. The molecule has 0 radical (unpaired) electrons. The van der Waals surface area contributed by atoms with Crippen molar-refractivity contribution < 1.29 is 63.9 Å². The van der Waals surface area contributed by atoms with E-state index in [9.17, 15) is 36.9 Å². The molecule has 43 heavy (non-hydrogen) atoms. The van der Waals surface area contributed by atoms with Gasteiger partial charge in [-0.2, -0.15) is 8.78 Å². The number of carbonyl (C=O) groups is 1. The Balaban J connectivity index is 2.05. The largest absolute Gasteiger partial charge is 0.500 e. The van der Waals surface area contributed by atoms with Crippen molar-refractivity contribution in [2.45, 2.75) is 44.8 Å². The number of ether oxygens (including phenoxy) is 4. The highest BCUT2D eigenvalue weighted by atomic mass is 28.4. The topological polar surface area (TPSA) is 125 Å². The Morgan fingerprint density at radius 3 is 1.93 bits per heavy atom. The van der Waals surface area contributed by atoms with E-state index < -0.39 is 72.9 Å². The number of unbranched alkanes of at least 4 members (excludes halogenated alkanes) is 1. The first-order chi connectivity index (χ1) is 20.4. The zero-order chi connectivity index (χ0) is 32.3. The number of halogens is 5. The average molecular weight is 642 g/mol. The minimum absolute atomic E-state index is 0.00206. The van der Waals surface area contributed by atoms with Crippen LogP contribution in [-0.4, -0.2) is 61.4 Å². The SMILES string of the molecule is COc1cc([N+](=O)[O-])c(C(C)OC(=O)CCCC[Si](OC)(OC)OC)cc1OCCCOc1c(F)c(F)c(F)c(F)c1F. The monoisotopic (exact) mass is 641 g/mol. The Kier molecular flexibility index (Phi) is 13.6. The minimum atomic E-state index is -2.79. The molecule has 17 heteroatoms. The van der Waals surface area contributed by atoms with Crippen LogP contribution in [0, 0.1) is 39.2 Å². The average Bonchev–Trinajstić information content (AvgIpc) is 3.00. The van der Waals surface area contributed by atoms with E-state index >= 15 is 0 Å². The first-order valence-corrected chi connectivity index (χ1v) is 14.8. The lowest BCUT2D eigenvalue weighted by Crippen LogP contribution is -2.42. The molecular weight excluding hydrogens is 609 g/mol. The molecule has 0 saturated heterocycles. The maximum atomic E-state index is 13.8. The van der Waals surface area contributed by atoms with Crippen molar-refractivity contribution in [3.63, 3.8) is 0 Å². The number of nitro benzene ring substituents is 1. The van der Waals surface area contributed by atoms with E-state index in [4.69, 9.17) is 32.2 Å². The van der Waals surface area contributed by atoms with Gasteiger partial charge in [-0.25, -0.2) is 13.2 Å². The summed E-state index contributed by atoms with van der Waals surface area (Å²) in [5, 5.41) is 11.7. The summed E-state index contributed by atoms with van der Waals surface area (Å²) in [5.41, 5.74) is -0.411. The van der Waals surface area contributed by atoms with Crippen molar-refractivity contribution >= 4 is 20.5 Å². The van der Waals surface area contributed by atoms with E-state index in [1.54, 1.807) is 0 Å². The molecule has 1 unspecified atom stereocenters. The number of carbonyl (C=O) groups excluding carboxylic acids is 1. The first-order valence-electron chi connectivity index (χ1n) is 12.8. The summed E-state index contributed by atoms with van der Waals surface area (Å²) in [6.07, 6.45) is -0.187. The lowest BCUT2D eigenvalue weighted by Gasteiger charge is -2.24. The molecule has 0 N–H and O–H groups in total. The highest BCUT2D eigenvalue weighted by Crippen LogP contribution is 2.39. The van der Waals surface area contributed by atoms with Gasteiger partial charge < -0.3 is 32.2 Å². The molecule has 0 spiro atoms. The van der Waals surface area contributed by atoms with E-state index in [2.05, 4.69) is 0 Å². The zero-order valence-corrected chi connectivity index (χ0v) is 25.1. The third kappa shape index (κ3) is 8.98. The third-order valence-electron chi connectivity index (χ3n) is 6.26. The second kappa shape index (κ2) is 16.3. The summed E-state index contributed by atoms with van der Waals surface area (Å²) in [7, 11) is 2.87. The Morgan fingerprint density at radius 1 is 0.837 bits per heavy atom. The molecule has 0 aliphatic carbocycles. The van der Waals surface area contributed by atoms with Gasteiger partial charge in [-0.3, -0.25) is 14.9 Å². The van der Waals surface area contributed by atoms with Crippen molar-refractivity contribution in [1.82, 2.24) is 0 Å². The number of methoxy groups -OCH3 is 1. The van der Waals surface area contributed by atoms with E-state index in [1.165, 1.54) is 41.4 Å². The highest BCUT2D eigenvalue weighted by molar-refractivity contribution is 6.60. The lowest BCUT2D eigenvalue weighted by molar-refractivity contribution is -0.386. The molecular formula is C26H32F5NO10Si. The molecule has 0 saturated carbocycles. The maximum absolute atomic E-state index is 13.8. The van der Waals surface area contributed by atoms with Crippen LogP contribution >= 0.6 is 0 Å². The van der Waals surface area contributed by atoms with Crippen LogP contribution in [0.1, 0.15) is 44.3 Å². The molecule has 2 rings (SSSR count). The van der Waals surface area contributed by atoms with E-state index in [0.717, 1.165) is 6.07 Å². The summed E-state index contributed by atoms with van der Waals surface area (Å²) < 4.78 is 104. The summed E-state index contributed by atoms with van der Waals surface area (Å²) >= 11 is 0. The number of nitro groups is 1. The van der Waals surface area contributed by atoms with Crippen LogP contribution in [0.2, 0.25) is 6.04 Å². The predicted octanol–water partition coefficient (Wildman–Crippen LogP) is 5.80. The van der Waals surface area contributed by atoms with Gasteiger partial charge in [-0.05, 0) is 25.8 Å². The molecule has 0 aliphatic rings. The fraction of sp³-hybridized carbons (Fsp3) is 0.500. The number of nitrogens with zero attached hydrogens (tertiary/aromatic N) is 1. The molecule has 240 valence electrons. The van der Waals surface area contributed by atoms with Crippen molar-refractivity contribution in [2.75, 3.05) is 41.7 Å². The maximum Gasteiger partial charge on any atom is 0.500 e. The normalized spacial score (nSPS) is 12.1. The third-order valence-corrected chi connectivity index (χ3v) is 9.10. The molecule has 0 aromatic heterocycles. The Hall–Kier alpha value is -3.54. The lowest BCUT2D eigenvalue weighted by atomic mass is 10.1. The smallest absolute Gasteiger partial charge is 0.493 e. The number of hydrogen-bond donors (Lipinski definition) is 0. The minimum Gasteiger partial charge on any atom is -0.493 e. The summed E-state index contributed by atoms with van der Waals surface area (Å²) in [6, 6.07) is 2.79. The molecule has 0 bridgehead atoms. The Bertz CT molecular complexity index is 1240. The fourth-order valence-corrected chi connectivity index (χ4v) is 5.73. The van der Waals surface area contributed by atoms with Crippen molar-refractivity contribution in [3.8, 4) is 17.2 Å². The fourth-order valence-electron chi connectivity index (χ4n) is 3.93. The molecule has 2 aromatic carbocycles. The van der Waals surface area contributed by atoms with Crippen LogP contribution in [0.3, 0.4) is 0 Å². The number of rotatable bonds is 18. The van der Waals surface area contributed by atoms with Crippen LogP contribution in [-0.2, 0) is 22.8 Å². The molecule has 0 fully saturated rings. The molecule has 0 heterocycles. The summed E-state index contributed by atoms with van der Waals surface area (Å²) in [4.78, 5) is 23.5. The van der Waals surface area contributed by atoms with Crippen molar-refractivity contribution in [1.29, 1.82) is 0 Å². The number of hydrogen-bond acceptors (Lipinski definition) is 10. The van der Waals surface area contributed by atoms with E-state index in [0.29, 0.717) is 18.9 Å². The van der Waals surface area contributed by atoms with Gasteiger partial charge in [0, 0.05) is 40.2 Å². The van der Waals surface area contributed by atoms with Gasteiger partial charge in [-0.1, -0.05) is 0 Å². The van der Waals surface area contributed by atoms with Crippen LogP contribution in [0.5, 0.6) is 17.2 Å². The standard InChI is InChI=1S/C26H32F5NO10Si/c1-15(42-20(33)9-6-7-12-43(37-3,38-4)39-5)16-13-19(18(36-2)14-17(16)32(34)35)40-10-8-11-41-26-24(30)22(28)21(27)23(29)25(26)31/h13-15H,6-12H2,1-5H3. The van der Waals surface area contributed by atoms with Gasteiger partial charge in [-0.15, -0.1) is 0 Å². The zero-order valence-electron chi connectivity index (χ0n) is 24.1. The van der Waals surface area contributed by atoms with Crippen LogP contribution in [0.4, 0.5) is 27.6 Å². The van der Waals surface area contributed by atoms with Gasteiger partial charge in [0.15, 0.2) is 17.2 Å². The second-order valence-electron chi connectivity index (χ2n) is 8.90. The molecule has 2 aromatic rings. The van der Waals surface area contributed by atoms with E-state index in [-0.39, 0.29) is 36.5 Å². The van der Waals surface area contributed by atoms with Gasteiger partial charge in [0.25, 0.3) is 5.69 Å². The quantitative estimate of drug-likeness (QED) is 0.0288. The predicted molar refractivity (Wildman–Crippen MR) is 141 cm³/mol. The van der Waals surface area contributed by atoms with Gasteiger partial charge >= 0.3 is 14.8 Å². The van der Waals surface area contributed by atoms with Crippen LogP contribution in [0.15, 0.2) is 12.1 Å². The molecule has 1 atom stereocenters. The van der Waals surface area contributed by atoms with Gasteiger partial charge in [0.2, 0.25) is 29.1 Å². The van der Waals surface area contributed by atoms with Crippen LogP contribution < -0.4 is 14.2 Å². The number of esters is 1. The van der Waals surface area contributed by atoms with Gasteiger partial charge in [0.1, 0.15) is 6.10 Å². The molecule has 0 amide bonds. The van der Waals surface area contributed by atoms with Crippen molar-refractivity contribution in [2.24, 2.45) is 0 Å². The number of benzene rings is 2. The van der Waals surface area contributed by atoms with E-state index in [1.807, 2.05) is 0 Å². The van der Waals surface area contributed by atoms with Crippen molar-refractivity contribution in [3.05, 3.63) is 56.9 Å². The highest BCUT2D eigenvalue weighted by Gasteiger charge is 2.37. The summed E-state index contributed by atoms with van der Waals surface area (Å²) in [6.45, 7) is 0.719. The first kappa shape index (κ1) is 35.7. The Morgan fingerprint density at radius 2 is 1.40 bits per heavy atom.